The molecule has 0 bridgehead atoms. The van der Waals surface area contributed by atoms with Crippen molar-refractivity contribution in [3.63, 3.8) is 0 Å². The minimum Gasteiger partial charge on any atom is -0.550 e. The van der Waals surface area contributed by atoms with Crippen molar-refractivity contribution in [2.45, 2.75) is 155 Å². The van der Waals surface area contributed by atoms with E-state index in [-0.39, 0.29) is 19.3 Å². The number of rotatable bonds is 30. The molecule has 0 fully saturated rings. The fourth-order valence-electron chi connectivity index (χ4n) is 5.53. The fourth-order valence-corrected chi connectivity index (χ4v) is 5.53. The van der Waals surface area contributed by atoms with Gasteiger partial charge in [0, 0.05) is 25.2 Å². The first-order chi connectivity index (χ1) is 18.3. The maximum atomic E-state index is 11.0. The first-order valence-corrected chi connectivity index (χ1v) is 15.8. The predicted molar refractivity (Wildman–Crippen MR) is 152 cm³/mol. The Bertz CT molecular complexity index is 545. The molecule has 0 aromatic carbocycles. The predicted octanol–water partition coefficient (Wildman–Crippen LogP) is 6.71. The molecule has 0 saturated heterocycles. The number of quaternary nitrogens is 1. The smallest absolute Gasteiger partial charge is 0.303 e. The van der Waals surface area contributed by atoms with E-state index in [0.717, 1.165) is 19.4 Å². The van der Waals surface area contributed by atoms with E-state index in [1.807, 2.05) is 0 Å². The Morgan fingerprint density at radius 1 is 0.474 bits per heavy atom. The fraction of sp³-hybridized carbons (Fsp3) is 0.903. The summed E-state index contributed by atoms with van der Waals surface area (Å²) in [6.45, 7) is 5.05. The molecular formula is C31H59NO6. The van der Waals surface area contributed by atoms with Gasteiger partial charge in [0.2, 0.25) is 0 Å². The van der Waals surface area contributed by atoms with Gasteiger partial charge >= 0.3 is 11.9 Å². The topological polar surface area (TPSA) is 115 Å². The maximum absolute atomic E-state index is 11.0. The van der Waals surface area contributed by atoms with Gasteiger partial charge in [-0.15, -0.1) is 0 Å². The molecule has 0 aromatic rings. The molecule has 0 atom stereocenters. The first kappa shape index (κ1) is 36.4. The van der Waals surface area contributed by atoms with E-state index < -0.39 is 17.9 Å². The molecule has 0 aromatic heterocycles. The van der Waals surface area contributed by atoms with E-state index >= 15 is 0 Å². The van der Waals surface area contributed by atoms with E-state index in [1.165, 1.54) is 96.3 Å². The quantitative estimate of drug-likeness (QED) is 0.0771. The summed E-state index contributed by atoms with van der Waals surface area (Å²) in [5, 5.41) is 29.1. The number of carbonyl (C=O) groups is 3. The Labute approximate surface area is 233 Å². The summed E-state index contributed by atoms with van der Waals surface area (Å²) in [5.74, 6) is -2.74. The standard InChI is InChI=1S/C31H59NO6/c1-2-3-4-5-6-7-8-9-10-11-12-13-14-15-16-17-18-25-32(26-19-22-29(33)34,27-20-23-30(35)36)28-21-24-31(37)38/h2-28H2,1H3,(H2-,33,34,35,36,37,38). The lowest BCUT2D eigenvalue weighted by atomic mass is 10.0. The monoisotopic (exact) mass is 541 g/mol. The molecule has 0 heterocycles. The molecule has 0 aliphatic heterocycles. The zero-order valence-corrected chi connectivity index (χ0v) is 24.6. The Hall–Kier alpha value is -1.63. The van der Waals surface area contributed by atoms with Crippen molar-refractivity contribution < 1.29 is 34.2 Å². The van der Waals surface area contributed by atoms with Gasteiger partial charge in [-0.3, -0.25) is 9.59 Å². The summed E-state index contributed by atoms with van der Waals surface area (Å²) in [4.78, 5) is 33.0. The summed E-state index contributed by atoms with van der Waals surface area (Å²) in [6, 6.07) is 0. The molecule has 38 heavy (non-hydrogen) atoms. The van der Waals surface area contributed by atoms with Crippen LogP contribution in [0.25, 0.3) is 0 Å². The highest BCUT2D eigenvalue weighted by Crippen LogP contribution is 2.19. The zero-order chi connectivity index (χ0) is 28.3. The van der Waals surface area contributed by atoms with Gasteiger partial charge in [0.05, 0.1) is 39.0 Å². The lowest BCUT2D eigenvalue weighted by Crippen LogP contribution is -2.51. The van der Waals surface area contributed by atoms with Crippen molar-refractivity contribution in [1.29, 1.82) is 0 Å². The van der Waals surface area contributed by atoms with Gasteiger partial charge in [-0.1, -0.05) is 103 Å². The maximum Gasteiger partial charge on any atom is 0.303 e. The molecule has 224 valence electrons. The number of nitrogens with zero attached hydrogens (tertiary/aromatic N) is 1. The van der Waals surface area contributed by atoms with Crippen LogP contribution in [0.15, 0.2) is 0 Å². The largest absolute Gasteiger partial charge is 0.550 e. The Kier molecular flexibility index (Phi) is 24.5. The van der Waals surface area contributed by atoms with E-state index in [4.69, 9.17) is 10.2 Å². The van der Waals surface area contributed by atoms with Gasteiger partial charge in [0.1, 0.15) is 0 Å². The molecule has 0 saturated carbocycles. The highest BCUT2D eigenvalue weighted by Gasteiger charge is 2.26. The van der Waals surface area contributed by atoms with E-state index in [2.05, 4.69) is 6.92 Å². The second-order valence-electron chi connectivity index (χ2n) is 11.4. The molecule has 0 unspecified atom stereocenters. The van der Waals surface area contributed by atoms with Gasteiger partial charge in [-0.25, -0.2) is 0 Å². The molecule has 0 aliphatic carbocycles. The van der Waals surface area contributed by atoms with Crippen LogP contribution in [-0.2, 0) is 14.4 Å². The molecular weight excluding hydrogens is 482 g/mol. The third kappa shape index (κ3) is 24.7. The minimum atomic E-state index is -1.07. The van der Waals surface area contributed by atoms with Gasteiger partial charge in [0.25, 0.3) is 0 Å². The minimum absolute atomic E-state index is 0.0170. The summed E-state index contributed by atoms with van der Waals surface area (Å²) in [7, 11) is 0. The highest BCUT2D eigenvalue weighted by molar-refractivity contribution is 5.66. The lowest BCUT2D eigenvalue weighted by molar-refractivity contribution is -0.929. The molecule has 7 nitrogen and oxygen atoms in total. The average Bonchev–Trinajstić information content (AvgIpc) is 2.85. The average molecular weight is 542 g/mol. The van der Waals surface area contributed by atoms with Crippen molar-refractivity contribution in [2.75, 3.05) is 26.2 Å². The van der Waals surface area contributed by atoms with Crippen LogP contribution in [-0.4, -0.2) is 58.8 Å². The van der Waals surface area contributed by atoms with Crippen molar-refractivity contribution in [3.8, 4) is 0 Å². The molecule has 0 rings (SSSR count). The van der Waals surface area contributed by atoms with Crippen LogP contribution >= 0.6 is 0 Å². The molecule has 0 radical (unpaired) electrons. The summed E-state index contributed by atoms with van der Waals surface area (Å²) in [6.07, 6.45) is 23.9. The Morgan fingerprint density at radius 3 is 1.08 bits per heavy atom. The molecule has 0 amide bonds. The number of unbranched alkanes of at least 4 members (excludes halogenated alkanes) is 16. The van der Waals surface area contributed by atoms with Crippen molar-refractivity contribution in [3.05, 3.63) is 0 Å². The zero-order valence-electron chi connectivity index (χ0n) is 24.6. The second-order valence-corrected chi connectivity index (χ2v) is 11.4. The summed E-state index contributed by atoms with van der Waals surface area (Å²) < 4.78 is 0.618. The number of hydrogen-bond donors (Lipinski definition) is 2. The van der Waals surface area contributed by atoms with Gasteiger partial charge in [0.15, 0.2) is 0 Å². The van der Waals surface area contributed by atoms with E-state index in [0.29, 0.717) is 43.4 Å². The Morgan fingerprint density at radius 2 is 0.763 bits per heavy atom. The number of carbonyl (C=O) groups excluding carboxylic acids is 1. The summed E-state index contributed by atoms with van der Waals surface area (Å²) in [5.41, 5.74) is 0. The molecule has 0 aliphatic rings. The van der Waals surface area contributed by atoms with E-state index in [9.17, 15) is 19.5 Å². The third-order valence-electron chi connectivity index (χ3n) is 7.80. The van der Waals surface area contributed by atoms with Crippen LogP contribution in [0.3, 0.4) is 0 Å². The SMILES string of the molecule is CCCCCCCCCCCCCCCCCCC[N+](CCCC(=O)[O-])(CCCC(=O)O)CCCC(=O)O. The number of carboxylic acids is 3. The normalized spacial score (nSPS) is 11.6. The number of carboxylic acid groups (broad SMARTS) is 3. The molecule has 0 spiro atoms. The number of hydrogen-bond acceptors (Lipinski definition) is 4. The van der Waals surface area contributed by atoms with Crippen LogP contribution < -0.4 is 5.11 Å². The third-order valence-corrected chi connectivity index (χ3v) is 7.80. The van der Waals surface area contributed by atoms with Gasteiger partial charge in [-0.2, -0.15) is 0 Å². The van der Waals surface area contributed by atoms with Crippen LogP contribution in [0.4, 0.5) is 0 Å². The Balaban J connectivity index is 4.17. The lowest BCUT2D eigenvalue weighted by Gasteiger charge is -2.39. The molecule has 2 N–H and O–H groups in total. The summed E-state index contributed by atoms with van der Waals surface area (Å²) >= 11 is 0. The van der Waals surface area contributed by atoms with Gasteiger partial charge < -0.3 is 24.6 Å². The highest BCUT2D eigenvalue weighted by atomic mass is 16.4. The second kappa shape index (κ2) is 25.6. The van der Waals surface area contributed by atoms with Crippen LogP contribution in [0.1, 0.15) is 155 Å². The van der Waals surface area contributed by atoms with E-state index in [1.54, 1.807) is 0 Å². The van der Waals surface area contributed by atoms with Gasteiger partial charge in [-0.05, 0) is 19.3 Å². The number of aliphatic carboxylic acids is 3. The van der Waals surface area contributed by atoms with Crippen molar-refractivity contribution in [1.82, 2.24) is 0 Å². The molecule has 7 heteroatoms. The van der Waals surface area contributed by atoms with Crippen LogP contribution in [0.2, 0.25) is 0 Å². The van der Waals surface area contributed by atoms with Crippen molar-refractivity contribution in [2.24, 2.45) is 0 Å². The van der Waals surface area contributed by atoms with Crippen LogP contribution in [0.5, 0.6) is 0 Å². The van der Waals surface area contributed by atoms with Crippen molar-refractivity contribution >= 4 is 17.9 Å². The first-order valence-electron chi connectivity index (χ1n) is 15.8. The van der Waals surface area contributed by atoms with Crippen LogP contribution in [0, 0.1) is 0 Å².